The minimum atomic E-state index is -4.67. The van der Waals surface area contributed by atoms with Crippen LogP contribution in [-0.2, 0) is 6.61 Å². The summed E-state index contributed by atoms with van der Waals surface area (Å²) in [7, 11) is 0. The first-order valence-corrected chi connectivity index (χ1v) is 8.28. The van der Waals surface area contributed by atoms with Crippen molar-refractivity contribution < 1.29 is 31.8 Å². The number of halogens is 4. The summed E-state index contributed by atoms with van der Waals surface area (Å²) in [6.07, 6.45) is -4.04. The number of aldehydes is 1. The number of hydrogen-bond donors (Lipinski definition) is 0. The summed E-state index contributed by atoms with van der Waals surface area (Å²) in [5, 5.41) is 0. The van der Waals surface area contributed by atoms with E-state index in [2.05, 4.69) is 0 Å². The van der Waals surface area contributed by atoms with Crippen molar-refractivity contribution in [2.75, 3.05) is 13.3 Å². The van der Waals surface area contributed by atoms with Gasteiger partial charge in [-0.25, -0.2) is 0 Å². The lowest BCUT2D eigenvalue weighted by molar-refractivity contribution is -0.185. The van der Waals surface area contributed by atoms with Crippen molar-refractivity contribution in [2.24, 2.45) is 5.92 Å². The van der Waals surface area contributed by atoms with E-state index in [1.807, 2.05) is 32.0 Å². The summed E-state index contributed by atoms with van der Waals surface area (Å²) in [4.78, 5) is 11.2. The van der Waals surface area contributed by atoms with E-state index in [9.17, 15) is 22.4 Å². The molecule has 0 aliphatic rings. The topological polar surface area (TPSA) is 35.5 Å². The lowest BCUT2D eigenvalue weighted by Gasteiger charge is -2.18. The molecule has 0 radical (unpaired) electrons. The molecule has 0 saturated carbocycles. The molecule has 0 bridgehead atoms. The highest BCUT2D eigenvalue weighted by atomic mass is 19.4. The van der Waals surface area contributed by atoms with Gasteiger partial charge < -0.3 is 9.47 Å². The van der Waals surface area contributed by atoms with Crippen molar-refractivity contribution in [2.45, 2.75) is 26.6 Å². The van der Waals surface area contributed by atoms with Gasteiger partial charge in [0.1, 0.15) is 43.6 Å². The predicted octanol–water partition coefficient (Wildman–Crippen LogP) is 5.22. The van der Waals surface area contributed by atoms with Crippen LogP contribution in [0.25, 0.3) is 0 Å². The molecule has 0 N–H and O–H groups in total. The van der Waals surface area contributed by atoms with Crippen LogP contribution in [-0.4, -0.2) is 25.7 Å². The number of carbonyl (C=O) groups excluding carboxylic acids is 1. The Bertz CT molecular complexity index is 767. The number of para-hydroxylation sites is 1. The predicted molar refractivity (Wildman–Crippen MR) is 93.1 cm³/mol. The number of ether oxygens (including phenoxy) is 2. The van der Waals surface area contributed by atoms with Crippen LogP contribution >= 0.6 is 0 Å². The average Bonchev–Trinajstić information content (AvgIpc) is 2.61. The van der Waals surface area contributed by atoms with Crippen LogP contribution in [0, 0.1) is 19.8 Å². The maximum atomic E-state index is 12.6. The summed E-state index contributed by atoms with van der Waals surface area (Å²) in [6, 6.07) is 9.91. The lowest BCUT2D eigenvalue weighted by atomic mass is 10.1. The molecule has 1 atom stereocenters. The lowest BCUT2D eigenvalue weighted by Crippen LogP contribution is -2.30. The maximum Gasteiger partial charge on any atom is 0.397 e. The molecule has 0 aromatic heterocycles. The molecule has 0 spiro atoms. The van der Waals surface area contributed by atoms with E-state index in [0.29, 0.717) is 23.2 Å². The highest BCUT2D eigenvalue weighted by Crippen LogP contribution is 2.28. The molecular weight excluding hydrogens is 364 g/mol. The average molecular weight is 384 g/mol. The van der Waals surface area contributed by atoms with E-state index in [0.717, 1.165) is 11.1 Å². The first-order valence-electron chi connectivity index (χ1n) is 8.28. The summed E-state index contributed by atoms with van der Waals surface area (Å²) in [6.45, 7) is 1.42. The normalized spacial score (nSPS) is 12.5. The molecule has 0 heterocycles. The van der Waals surface area contributed by atoms with E-state index in [1.54, 1.807) is 0 Å². The number of rotatable bonds is 8. The second-order valence-corrected chi connectivity index (χ2v) is 6.19. The third kappa shape index (κ3) is 5.45. The summed E-state index contributed by atoms with van der Waals surface area (Å²) >= 11 is 0. The monoisotopic (exact) mass is 384 g/mol. The minimum Gasteiger partial charge on any atom is -0.493 e. The largest absolute Gasteiger partial charge is 0.493 e. The summed E-state index contributed by atoms with van der Waals surface area (Å²) in [5.74, 6) is -1.41. The number of benzene rings is 2. The van der Waals surface area contributed by atoms with Crippen molar-refractivity contribution in [3.8, 4) is 11.5 Å². The van der Waals surface area contributed by atoms with Gasteiger partial charge in [-0.3, -0.25) is 9.18 Å². The molecule has 7 heteroatoms. The third-order valence-electron chi connectivity index (χ3n) is 4.12. The second-order valence-electron chi connectivity index (χ2n) is 6.19. The molecule has 0 aliphatic heterocycles. The number of hydrogen-bond acceptors (Lipinski definition) is 3. The molecule has 1 unspecified atom stereocenters. The van der Waals surface area contributed by atoms with Crippen LogP contribution in [0.3, 0.4) is 0 Å². The Morgan fingerprint density at radius 1 is 1.07 bits per heavy atom. The fraction of sp³-hybridized carbons (Fsp3) is 0.350. The van der Waals surface area contributed by atoms with Gasteiger partial charge in [-0.15, -0.1) is 0 Å². The number of alkyl halides is 4. The van der Waals surface area contributed by atoms with Gasteiger partial charge in [0.15, 0.2) is 0 Å². The quantitative estimate of drug-likeness (QED) is 0.462. The van der Waals surface area contributed by atoms with Crippen LogP contribution in [0.4, 0.5) is 17.6 Å². The fourth-order valence-corrected chi connectivity index (χ4v) is 2.51. The molecule has 0 saturated heterocycles. The first-order chi connectivity index (χ1) is 12.8. The smallest absolute Gasteiger partial charge is 0.397 e. The molecule has 2 aromatic carbocycles. The molecule has 0 amide bonds. The first kappa shape index (κ1) is 20.7. The van der Waals surface area contributed by atoms with Gasteiger partial charge in [-0.2, -0.15) is 13.2 Å². The van der Waals surface area contributed by atoms with Gasteiger partial charge in [-0.1, -0.05) is 18.2 Å². The Morgan fingerprint density at radius 2 is 1.74 bits per heavy atom. The van der Waals surface area contributed by atoms with Crippen molar-refractivity contribution in [3.63, 3.8) is 0 Å². The van der Waals surface area contributed by atoms with Crippen molar-refractivity contribution in [3.05, 3.63) is 58.7 Å². The van der Waals surface area contributed by atoms with E-state index >= 15 is 0 Å². The third-order valence-corrected chi connectivity index (χ3v) is 4.12. The van der Waals surface area contributed by atoms with Crippen molar-refractivity contribution in [1.82, 2.24) is 0 Å². The van der Waals surface area contributed by atoms with Crippen molar-refractivity contribution >= 4 is 6.29 Å². The maximum absolute atomic E-state index is 12.6. The molecule has 146 valence electrons. The second kappa shape index (κ2) is 8.88. The zero-order valence-electron chi connectivity index (χ0n) is 15.0. The van der Waals surface area contributed by atoms with E-state index in [-0.39, 0.29) is 12.4 Å². The highest BCUT2D eigenvalue weighted by molar-refractivity contribution is 5.77. The van der Waals surface area contributed by atoms with E-state index in [1.165, 1.54) is 18.2 Å². The molecule has 2 aromatic rings. The zero-order chi connectivity index (χ0) is 20.0. The Labute approximate surface area is 154 Å². The standard InChI is InChI=1S/C20H20F4O3/c1-13-4-3-5-14(2)19(13)27-11-16-8-18(7-6-15(16)10-25)26-12-17(9-21)20(22,23)24/h3-8,10,17H,9,11-12H2,1-2H3. The molecule has 27 heavy (non-hydrogen) atoms. The molecular formula is C20H20F4O3. The zero-order valence-corrected chi connectivity index (χ0v) is 15.0. The van der Waals surface area contributed by atoms with E-state index < -0.39 is 25.4 Å². The molecule has 2 rings (SSSR count). The van der Waals surface area contributed by atoms with Crippen LogP contribution in [0.15, 0.2) is 36.4 Å². The van der Waals surface area contributed by atoms with Gasteiger partial charge in [0.05, 0.1) is 0 Å². The van der Waals surface area contributed by atoms with Crippen LogP contribution in [0.2, 0.25) is 0 Å². The molecule has 0 aliphatic carbocycles. The van der Waals surface area contributed by atoms with Crippen LogP contribution in [0.1, 0.15) is 27.0 Å². The van der Waals surface area contributed by atoms with Gasteiger partial charge in [0.25, 0.3) is 0 Å². The Balaban J connectivity index is 2.14. The number of carbonyl (C=O) groups is 1. The summed E-state index contributed by atoms with van der Waals surface area (Å²) < 4.78 is 61.3. The minimum absolute atomic E-state index is 0.0444. The fourth-order valence-electron chi connectivity index (χ4n) is 2.51. The van der Waals surface area contributed by atoms with Gasteiger partial charge in [-0.05, 0) is 43.2 Å². The van der Waals surface area contributed by atoms with Gasteiger partial charge >= 0.3 is 6.18 Å². The van der Waals surface area contributed by atoms with E-state index in [4.69, 9.17) is 9.47 Å². The summed E-state index contributed by atoms with van der Waals surface area (Å²) in [5.41, 5.74) is 2.65. The molecule has 3 nitrogen and oxygen atoms in total. The van der Waals surface area contributed by atoms with Gasteiger partial charge in [0, 0.05) is 11.1 Å². The highest BCUT2D eigenvalue weighted by Gasteiger charge is 2.40. The van der Waals surface area contributed by atoms with Gasteiger partial charge in [0.2, 0.25) is 0 Å². The Hall–Kier alpha value is -2.57. The van der Waals surface area contributed by atoms with Crippen molar-refractivity contribution in [1.29, 1.82) is 0 Å². The Morgan fingerprint density at radius 3 is 2.30 bits per heavy atom. The molecule has 0 fully saturated rings. The van der Waals surface area contributed by atoms with Crippen LogP contribution in [0.5, 0.6) is 11.5 Å². The SMILES string of the molecule is Cc1cccc(C)c1OCc1cc(OCC(CF)C(F)(F)F)ccc1C=O. The Kier molecular flexibility index (Phi) is 6.82. The van der Waals surface area contributed by atoms with Crippen LogP contribution < -0.4 is 9.47 Å². The number of aryl methyl sites for hydroxylation is 2.